The third kappa shape index (κ3) is 3.92. The van der Waals surface area contributed by atoms with Crippen molar-refractivity contribution in [3.05, 3.63) is 29.3 Å². The number of aliphatic hydroxyl groups excluding tert-OH is 1. The van der Waals surface area contributed by atoms with Crippen molar-refractivity contribution in [3.8, 4) is 0 Å². The molecule has 1 aliphatic heterocycles. The highest BCUT2D eigenvalue weighted by Gasteiger charge is 2.34. The Hall–Kier alpha value is -3.08. The van der Waals surface area contributed by atoms with Gasteiger partial charge < -0.3 is 20.2 Å². The second-order valence-corrected chi connectivity index (χ2v) is 8.61. The fourth-order valence-corrected chi connectivity index (χ4v) is 4.14. The van der Waals surface area contributed by atoms with Gasteiger partial charge in [0.2, 0.25) is 0 Å². The molecule has 0 aliphatic carbocycles. The number of aromatic nitrogens is 3. The molecule has 2 aromatic carbocycles. The van der Waals surface area contributed by atoms with Gasteiger partial charge in [-0.3, -0.25) is 14.5 Å². The summed E-state index contributed by atoms with van der Waals surface area (Å²) in [5.74, 6) is -0.650. The third-order valence-corrected chi connectivity index (χ3v) is 5.69. The van der Waals surface area contributed by atoms with Crippen molar-refractivity contribution in [2.75, 3.05) is 59.9 Å². The Morgan fingerprint density at radius 3 is 2.31 bits per heavy atom. The van der Waals surface area contributed by atoms with Crippen LogP contribution < -0.4 is 5.32 Å². The van der Waals surface area contributed by atoms with Crippen LogP contribution in [-0.2, 0) is 6.54 Å². The van der Waals surface area contributed by atoms with Crippen LogP contribution in [0.2, 0.25) is 0 Å². The number of carbonyl (C=O) groups excluding carboxylic acids is 2. The number of rotatable bonds is 9. The van der Waals surface area contributed by atoms with E-state index in [4.69, 9.17) is 0 Å². The maximum Gasteiger partial charge on any atom is 0.261 e. The molecule has 10 heteroatoms. The van der Waals surface area contributed by atoms with Gasteiger partial charge in [0, 0.05) is 36.1 Å². The number of likely N-dealkylation sites (N-methyl/N-ethyl adjacent to an activating group) is 1. The van der Waals surface area contributed by atoms with Gasteiger partial charge in [0.15, 0.2) is 0 Å². The van der Waals surface area contributed by atoms with Crippen molar-refractivity contribution in [1.82, 2.24) is 29.7 Å². The van der Waals surface area contributed by atoms with E-state index >= 15 is 0 Å². The van der Waals surface area contributed by atoms with Crippen LogP contribution in [0.1, 0.15) is 27.1 Å². The Morgan fingerprint density at radius 2 is 1.66 bits per heavy atom. The number of amides is 2. The zero-order chi connectivity index (χ0) is 23.0. The zero-order valence-electron chi connectivity index (χ0n) is 18.9. The maximum atomic E-state index is 13.3. The molecule has 0 spiro atoms. The number of nitrogens with one attached hydrogen (secondary N) is 1. The van der Waals surface area contributed by atoms with Crippen molar-refractivity contribution < 1.29 is 14.7 Å². The molecular weight excluding hydrogens is 410 g/mol. The van der Waals surface area contributed by atoms with E-state index in [1.165, 1.54) is 4.90 Å². The van der Waals surface area contributed by atoms with E-state index in [0.29, 0.717) is 47.4 Å². The largest absolute Gasteiger partial charge is 0.377 e. The molecule has 0 saturated carbocycles. The molecule has 2 N–H and O–H groups in total. The van der Waals surface area contributed by atoms with Crippen LogP contribution in [0.5, 0.6) is 0 Å². The van der Waals surface area contributed by atoms with E-state index in [-0.39, 0.29) is 18.5 Å². The topological polar surface area (TPSA) is 107 Å². The lowest BCUT2D eigenvalue weighted by Gasteiger charge is -2.28. The minimum atomic E-state index is -0.332. The summed E-state index contributed by atoms with van der Waals surface area (Å²) in [4.78, 5) is 32.0. The Balaban J connectivity index is 1.90. The van der Waals surface area contributed by atoms with Gasteiger partial charge in [-0.05, 0) is 59.4 Å². The van der Waals surface area contributed by atoms with Gasteiger partial charge >= 0.3 is 0 Å². The Bertz CT molecular complexity index is 1190. The van der Waals surface area contributed by atoms with Crippen molar-refractivity contribution in [2.45, 2.75) is 13.0 Å². The highest BCUT2D eigenvalue weighted by atomic mass is 16.3. The van der Waals surface area contributed by atoms with Gasteiger partial charge in [0.25, 0.3) is 11.8 Å². The number of aryl methyl sites for hydroxylation is 1. The van der Waals surface area contributed by atoms with Crippen LogP contribution in [-0.4, -0.2) is 101 Å². The molecule has 1 aliphatic rings. The molecule has 10 nitrogen and oxygen atoms in total. The highest BCUT2D eigenvalue weighted by molar-refractivity contribution is 6.29. The van der Waals surface area contributed by atoms with Gasteiger partial charge in [0.05, 0.1) is 16.6 Å². The van der Waals surface area contributed by atoms with E-state index in [1.54, 1.807) is 12.1 Å². The fraction of sp³-hybridized carbons (Fsp3) is 0.455. The summed E-state index contributed by atoms with van der Waals surface area (Å²) in [6.07, 6.45) is 0.881. The lowest BCUT2D eigenvalue weighted by Crippen LogP contribution is -2.43. The van der Waals surface area contributed by atoms with Crippen molar-refractivity contribution in [2.24, 2.45) is 0 Å². The van der Waals surface area contributed by atoms with Gasteiger partial charge in [-0.15, -0.1) is 5.10 Å². The summed E-state index contributed by atoms with van der Waals surface area (Å²) < 4.78 is 1.83. The molecule has 0 bridgehead atoms. The number of imide groups is 1. The van der Waals surface area contributed by atoms with Crippen molar-refractivity contribution in [1.29, 1.82) is 0 Å². The van der Waals surface area contributed by atoms with E-state index in [0.717, 1.165) is 23.9 Å². The first-order valence-electron chi connectivity index (χ1n) is 10.7. The van der Waals surface area contributed by atoms with Crippen LogP contribution in [0.4, 0.5) is 5.69 Å². The normalized spacial score (nSPS) is 13.9. The number of nitrogens with zero attached hydrogens (tertiary/aromatic N) is 6. The second-order valence-electron chi connectivity index (χ2n) is 8.61. The van der Waals surface area contributed by atoms with E-state index in [9.17, 15) is 14.7 Å². The van der Waals surface area contributed by atoms with Gasteiger partial charge in [0.1, 0.15) is 12.2 Å². The first kappa shape index (κ1) is 22.1. The quantitative estimate of drug-likeness (QED) is 0.377. The first-order valence-corrected chi connectivity index (χ1v) is 10.7. The molecule has 3 aromatic rings. The first-order chi connectivity index (χ1) is 15.3. The maximum absolute atomic E-state index is 13.3. The van der Waals surface area contributed by atoms with E-state index < -0.39 is 0 Å². The molecule has 0 fully saturated rings. The molecule has 0 unspecified atom stereocenters. The summed E-state index contributed by atoms with van der Waals surface area (Å²) in [7, 11) is 7.83. The number of fused-ring (bicyclic) bond motifs is 2. The molecule has 0 radical (unpaired) electrons. The summed E-state index contributed by atoms with van der Waals surface area (Å²) in [5, 5.41) is 22.3. The molecule has 0 saturated heterocycles. The minimum absolute atomic E-state index is 0.272. The number of carbonyl (C=O) groups is 2. The minimum Gasteiger partial charge on any atom is -0.377 e. The molecule has 1 aromatic heterocycles. The summed E-state index contributed by atoms with van der Waals surface area (Å²) in [5.41, 5.74) is 2.89. The lowest BCUT2D eigenvalue weighted by molar-refractivity contribution is 0.0601. The monoisotopic (exact) mass is 439 g/mol. The van der Waals surface area contributed by atoms with Crippen LogP contribution >= 0.6 is 0 Å². The summed E-state index contributed by atoms with van der Waals surface area (Å²) in [6.45, 7) is 2.14. The molecule has 170 valence electrons. The molecular formula is C22H29N7O3. The third-order valence-electron chi connectivity index (χ3n) is 5.69. The molecule has 0 atom stereocenters. The molecule has 2 heterocycles. The predicted octanol–water partition coefficient (Wildman–Crippen LogP) is 1.06. The molecule has 32 heavy (non-hydrogen) atoms. The number of benzene rings is 2. The van der Waals surface area contributed by atoms with Gasteiger partial charge in [-0.2, -0.15) is 0 Å². The van der Waals surface area contributed by atoms with E-state index in [1.807, 2.05) is 43.8 Å². The van der Waals surface area contributed by atoms with Crippen LogP contribution in [0.3, 0.4) is 0 Å². The summed E-state index contributed by atoms with van der Waals surface area (Å²) >= 11 is 0. The average molecular weight is 440 g/mol. The second kappa shape index (κ2) is 8.81. The summed E-state index contributed by atoms with van der Waals surface area (Å²) in [6, 6.07) is 5.29. The number of hydrogen-bond acceptors (Lipinski definition) is 8. The molecule has 2 amide bonds. The van der Waals surface area contributed by atoms with Gasteiger partial charge in [-0.1, -0.05) is 5.21 Å². The Labute approximate surface area is 186 Å². The fourth-order valence-electron chi connectivity index (χ4n) is 4.14. The standard InChI is InChI=1S/C22H29N7O3/c1-26(2)6-5-7-29-20-15-10-14(23-13-30)11-16-19(15)17(12-18(20)24-25-29)22(32)28(21(16)31)9-8-27(3)4/h10-12,23,30H,5-9,13H2,1-4H3. The number of aliphatic hydroxyl groups is 1. The zero-order valence-corrected chi connectivity index (χ0v) is 18.9. The average Bonchev–Trinajstić information content (AvgIpc) is 3.14. The van der Waals surface area contributed by atoms with Crippen molar-refractivity contribution in [3.63, 3.8) is 0 Å². The number of anilines is 1. The van der Waals surface area contributed by atoms with E-state index in [2.05, 4.69) is 20.5 Å². The lowest BCUT2D eigenvalue weighted by atomic mass is 9.92. The van der Waals surface area contributed by atoms with Crippen LogP contribution in [0, 0.1) is 0 Å². The smallest absolute Gasteiger partial charge is 0.261 e. The van der Waals surface area contributed by atoms with Gasteiger partial charge in [-0.25, -0.2) is 4.68 Å². The highest BCUT2D eigenvalue weighted by Crippen LogP contribution is 2.37. The molecule has 4 rings (SSSR count). The van der Waals surface area contributed by atoms with Crippen molar-refractivity contribution >= 4 is 39.3 Å². The number of hydrogen-bond donors (Lipinski definition) is 2. The Morgan fingerprint density at radius 1 is 0.969 bits per heavy atom. The predicted molar refractivity (Wildman–Crippen MR) is 123 cm³/mol. The SMILES string of the molecule is CN(C)CCCn1nnc2cc3c4c(cc(NCO)cc4c21)C(=O)N(CCN(C)C)C3=O. The van der Waals surface area contributed by atoms with Crippen LogP contribution in [0.25, 0.3) is 21.8 Å². The van der Waals surface area contributed by atoms with Crippen LogP contribution in [0.15, 0.2) is 18.2 Å². The Kier molecular flexibility index (Phi) is 6.09.